The summed E-state index contributed by atoms with van der Waals surface area (Å²) in [5, 5.41) is 0. The Morgan fingerprint density at radius 2 is 1.46 bits per heavy atom. The highest BCUT2D eigenvalue weighted by Gasteiger charge is 2.35. The third-order valence-corrected chi connectivity index (χ3v) is 5.66. The maximum atomic E-state index is 5.32. The number of hydrogen-bond acceptors (Lipinski definition) is 3. The van der Waals surface area contributed by atoms with Crippen molar-refractivity contribution in [3.63, 3.8) is 0 Å². The Morgan fingerprint density at radius 1 is 0.923 bits per heavy atom. The lowest BCUT2D eigenvalue weighted by Gasteiger charge is -2.38. The molecule has 2 aromatic carbocycles. The average molecular weight is 375 g/mol. The molecular formula is C23H34O2S. The number of thiol groups is 1. The van der Waals surface area contributed by atoms with Crippen LogP contribution >= 0.6 is 12.6 Å². The van der Waals surface area contributed by atoms with Gasteiger partial charge in [0, 0.05) is 4.90 Å². The second-order valence-electron chi connectivity index (χ2n) is 6.39. The van der Waals surface area contributed by atoms with Crippen LogP contribution in [0, 0.1) is 0 Å². The molecule has 0 N–H and O–H groups in total. The van der Waals surface area contributed by atoms with Crippen LogP contribution in [0.4, 0.5) is 0 Å². The SMILES string of the molecule is CC.CC[C@H](c1ccc(OC)cc1S)[C@](C)(CC)c1ccc(OC)cc1. The van der Waals surface area contributed by atoms with Gasteiger partial charge in [0.1, 0.15) is 11.5 Å². The first kappa shape index (κ1) is 22.4. The summed E-state index contributed by atoms with van der Waals surface area (Å²) >= 11 is 4.73. The summed E-state index contributed by atoms with van der Waals surface area (Å²) in [5.74, 6) is 2.13. The molecule has 144 valence electrons. The Morgan fingerprint density at radius 3 is 1.88 bits per heavy atom. The molecule has 0 saturated heterocycles. The van der Waals surface area contributed by atoms with E-state index in [2.05, 4.69) is 39.0 Å². The van der Waals surface area contributed by atoms with E-state index in [0.717, 1.165) is 29.2 Å². The molecule has 2 nitrogen and oxygen atoms in total. The van der Waals surface area contributed by atoms with Gasteiger partial charge in [0.2, 0.25) is 0 Å². The van der Waals surface area contributed by atoms with Crippen LogP contribution in [0.15, 0.2) is 47.4 Å². The monoisotopic (exact) mass is 374 g/mol. The summed E-state index contributed by atoms with van der Waals surface area (Å²) in [5.41, 5.74) is 2.65. The molecule has 0 spiro atoms. The fourth-order valence-corrected chi connectivity index (χ4v) is 3.94. The van der Waals surface area contributed by atoms with Crippen LogP contribution in [-0.2, 0) is 5.41 Å². The van der Waals surface area contributed by atoms with Crippen LogP contribution in [0.25, 0.3) is 0 Å². The fraction of sp³-hybridized carbons (Fsp3) is 0.478. The van der Waals surface area contributed by atoms with Gasteiger partial charge in [0.15, 0.2) is 0 Å². The van der Waals surface area contributed by atoms with Gasteiger partial charge < -0.3 is 9.47 Å². The highest BCUT2D eigenvalue weighted by atomic mass is 32.1. The van der Waals surface area contributed by atoms with Crippen molar-refractivity contribution in [1.29, 1.82) is 0 Å². The maximum Gasteiger partial charge on any atom is 0.119 e. The van der Waals surface area contributed by atoms with Gasteiger partial charge in [0.05, 0.1) is 14.2 Å². The van der Waals surface area contributed by atoms with Gasteiger partial charge in [-0.25, -0.2) is 0 Å². The summed E-state index contributed by atoms with van der Waals surface area (Å²) in [6.07, 6.45) is 2.10. The summed E-state index contributed by atoms with van der Waals surface area (Å²) in [6.45, 7) is 10.9. The van der Waals surface area contributed by atoms with E-state index in [9.17, 15) is 0 Å². The van der Waals surface area contributed by atoms with E-state index in [1.165, 1.54) is 11.1 Å². The molecule has 2 aromatic rings. The normalized spacial score (nSPS) is 13.8. The van der Waals surface area contributed by atoms with Crippen molar-refractivity contribution < 1.29 is 9.47 Å². The van der Waals surface area contributed by atoms with Gasteiger partial charge in [-0.1, -0.05) is 52.8 Å². The molecular weight excluding hydrogens is 340 g/mol. The summed E-state index contributed by atoms with van der Waals surface area (Å²) in [7, 11) is 3.39. The zero-order chi connectivity index (χ0) is 19.7. The molecule has 0 fully saturated rings. The zero-order valence-electron chi connectivity index (χ0n) is 17.3. The number of rotatable bonds is 7. The molecule has 26 heavy (non-hydrogen) atoms. The van der Waals surface area contributed by atoms with Crippen LogP contribution in [0.1, 0.15) is 64.5 Å². The van der Waals surface area contributed by atoms with E-state index in [0.29, 0.717) is 5.92 Å². The lowest BCUT2D eigenvalue weighted by atomic mass is 9.66. The standard InChI is InChI=1S/C21H28O2S.C2H6/c1-6-19(18-13-12-17(23-5)14-20(18)24)21(3,7-2)15-8-10-16(22-4)11-9-15;1-2/h8-14,19,24H,6-7H2,1-5H3;1-2H3/t19-,21-;/m1./s1. The predicted octanol–water partition coefficient (Wildman–Crippen LogP) is 6.88. The van der Waals surface area contributed by atoms with Gasteiger partial charge >= 0.3 is 0 Å². The van der Waals surface area contributed by atoms with Gasteiger partial charge in [-0.05, 0) is 59.6 Å². The largest absolute Gasteiger partial charge is 0.497 e. The van der Waals surface area contributed by atoms with Crippen LogP contribution < -0.4 is 9.47 Å². The molecule has 0 unspecified atom stereocenters. The minimum Gasteiger partial charge on any atom is -0.497 e. The third-order valence-electron chi connectivity index (χ3n) is 5.27. The predicted molar refractivity (Wildman–Crippen MR) is 115 cm³/mol. The number of benzene rings is 2. The summed E-state index contributed by atoms with van der Waals surface area (Å²) < 4.78 is 10.6. The van der Waals surface area contributed by atoms with Gasteiger partial charge in [0.25, 0.3) is 0 Å². The number of hydrogen-bond donors (Lipinski definition) is 1. The van der Waals surface area contributed by atoms with Gasteiger partial charge in [-0.3, -0.25) is 0 Å². The van der Waals surface area contributed by atoms with E-state index in [1.807, 2.05) is 38.1 Å². The molecule has 0 aromatic heterocycles. The Labute approximate surface area is 165 Å². The maximum absolute atomic E-state index is 5.32. The molecule has 0 heterocycles. The van der Waals surface area contributed by atoms with E-state index < -0.39 is 0 Å². The highest BCUT2D eigenvalue weighted by molar-refractivity contribution is 7.80. The molecule has 0 radical (unpaired) electrons. The first-order chi connectivity index (χ1) is 12.5. The van der Waals surface area contributed by atoms with Crippen molar-refractivity contribution in [2.24, 2.45) is 0 Å². The van der Waals surface area contributed by atoms with Crippen molar-refractivity contribution in [2.75, 3.05) is 14.2 Å². The molecule has 2 rings (SSSR count). The quantitative estimate of drug-likeness (QED) is 0.532. The first-order valence-corrected chi connectivity index (χ1v) is 9.96. The second-order valence-corrected chi connectivity index (χ2v) is 6.87. The van der Waals surface area contributed by atoms with Gasteiger partial charge in [-0.15, -0.1) is 12.6 Å². The molecule has 0 aliphatic rings. The average Bonchev–Trinajstić information content (AvgIpc) is 2.70. The lowest BCUT2D eigenvalue weighted by molar-refractivity contribution is 0.348. The Hall–Kier alpha value is -1.61. The minimum atomic E-state index is 0.0348. The molecule has 0 aliphatic carbocycles. The topological polar surface area (TPSA) is 18.5 Å². The second kappa shape index (κ2) is 10.5. The Kier molecular flexibility index (Phi) is 9.07. The van der Waals surface area contributed by atoms with E-state index >= 15 is 0 Å². The number of ether oxygens (including phenoxy) is 2. The molecule has 3 heteroatoms. The first-order valence-electron chi connectivity index (χ1n) is 9.51. The zero-order valence-corrected chi connectivity index (χ0v) is 18.2. The molecule has 0 saturated carbocycles. The Bertz CT molecular complexity index is 666. The van der Waals surface area contributed by atoms with Crippen LogP contribution in [-0.4, -0.2) is 14.2 Å². The fourth-order valence-electron chi connectivity index (χ4n) is 3.58. The number of methoxy groups -OCH3 is 2. The lowest BCUT2D eigenvalue weighted by Crippen LogP contribution is -2.30. The van der Waals surface area contributed by atoms with Gasteiger partial charge in [-0.2, -0.15) is 0 Å². The molecule has 0 amide bonds. The van der Waals surface area contributed by atoms with Crippen LogP contribution in [0.5, 0.6) is 11.5 Å². The van der Waals surface area contributed by atoms with E-state index in [-0.39, 0.29) is 5.41 Å². The summed E-state index contributed by atoms with van der Waals surface area (Å²) in [6, 6.07) is 14.7. The highest BCUT2D eigenvalue weighted by Crippen LogP contribution is 2.46. The van der Waals surface area contributed by atoms with Crippen molar-refractivity contribution in [3.05, 3.63) is 53.6 Å². The van der Waals surface area contributed by atoms with Crippen molar-refractivity contribution in [3.8, 4) is 11.5 Å². The van der Waals surface area contributed by atoms with Crippen LogP contribution in [0.3, 0.4) is 0 Å². The van der Waals surface area contributed by atoms with Crippen molar-refractivity contribution >= 4 is 12.6 Å². The molecule has 0 bridgehead atoms. The van der Waals surface area contributed by atoms with E-state index in [4.69, 9.17) is 22.1 Å². The van der Waals surface area contributed by atoms with Crippen LogP contribution in [0.2, 0.25) is 0 Å². The Balaban J connectivity index is 0.00000163. The van der Waals surface area contributed by atoms with Crippen molar-refractivity contribution in [2.45, 2.75) is 63.7 Å². The smallest absolute Gasteiger partial charge is 0.119 e. The molecule has 2 atom stereocenters. The molecule has 0 aliphatic heterocycles. The summed E-state index contributed by atoms with van der Waals surface area (Å²) in [4.78, 5) is 0.995. The minimum absolute atomic E-state index is 0.0348. The van der Waals surface area contributed by atoms with E-state index in [1.54, 1.807) is 14.2 Å². The third kappa shape index (κ3) is 4.76. The van der Waals surface area contributed by atoms with Crippen molar-refractivity contribution in [1.82, 2.24) is 0 Å².